The molecule has 1 aromatic carbocycles. The van der Waals surface area contributed by atoms with E-state index in [-0.39, 0.29) is 11.9 Å². The Balaban J connectivity index is 1.88. The Morgan fingerprint density at radius 2 is 1.86 bits per heavy atom. The van der Waals surface area contributed by atoms with Gasteiger partial charge >= 0.3 is 6.09 Å². The molecule has 0 bridgehead atoms. The molecule has 2 rings (SSSR count). The summed E-state index contributed by atoms with van der Waals surface area (Å²) in [6, 6.07) is 9.51. The minimum atomic E-state index is -0.571. The van der Waals surface area contributed by atoms with Crippen molar-refractivity contribution in [2.24, 2.45) is 0 Å². The third kappa shape index (κ3) is 9.04. The van der Waals surface area contributed by atoms with E-state index in [0.717, 1.165) is 25.2 Å². The van der Waals surface area contributed by atoms with Crippen LogP contribution in [0.2, 0.25) is 0 Å². The lowest BCUT2D eigenvalue weighted by molar-refractivity contribution is -0.116. The van der Waals surface area contributed by atoms with E-state index in [1.54, 1.807) is 6.08 Å². The molecule has 28 heavy (non-hydrogen) atoms. The van der Waals surface area contributed by atoms with Crippen molar-refractivity contribution in [1.82, 2.24) is 15.5 Å². The standard InChI is InChI=1S/C22H33N3O3/c1-22(2,3)28-21(27)24-19(17-18-9-5-4-6-10-18)11-12-20(26)23-13-16-25-14-7-8-15-25/h4-6,9-12,19H,7-8,13-17H2,1-3H3,(H,23,26)(H,24,27)/b12-11+/t19-/m0/s1. The molecule has 1 atom stereocenters. The van der Waals surface area contributed by atoms with Gasteiger partial charge in [0.1, 0.15) is 5.60 Å². The zero-order valence-electron chi connectivity index (χ0n) is 17.2. The average Bonchev–Trinajstić information content (AvgIpc) is 3.12. The lowest BCUT2D eigenvalue weighted by atomic mass is 10.1. The SMILES string of the molecule is CC(C)(C)OC(=O)N[C@@H](/C=C/C(=O)NCCN1CCCC1)Cc1ccccc1. The van der Waals surface area contributed by atoms with Gasteiger partial charge in [-0.25, -0.2) is 4.79 Å². The fraction of sp³-hybridized carbons (Fsp3) is 0.545. The minimum Gasteiger partial charge on any atom is -0.444 e. The molecule has 0 unspecified atom stereocenters. The Morgan fingerprint density at radius 1 is 1.18 bits per heavy atom. The number of nitrogens with one attached hydrogen (secondary N) is 2. The third-order valence-electron chi connectivity index (χ3n) is 4.41. The van der Waals surface area contributed by atoms with Gasteiger partial charge in [0.2, 0.25) is 5.91 Å². The van der Waals surface area contributed by atoms with Gasteiger partial charge in [0, 0.05) is 19.2 Å². The van der Waals surface area contributed by atoms with Crippen LogP contribution in [0.15, 0.2) is 42.5 Å². The van der Waals surface area contributed by atoms with Gasteiger partial charge in [0.25, 0.3) is 0 Å². The van der Waals surface area contributed by atoms with Crippen molar-refractivity contribution in [3.05, 3.63) is 48.0 Å². The van der Waals surface area contributed by atoms with Crippen LogP contribution in [0.4, 0.5) is 4.79 Å². The van der Waals surface area contributed by atoms with E-state index < -0.39 is 11.7 Å². The molecule has 1 heterocycles. The monoisotopic (exact) mass is 387 g/mol. The number of hydrogen-bond donors (Lipinski definition) is 2. The first-order valence-corrected chi connectivity index (χ1v) is 10.0. The predicted octanol–water partition coefficient (Wildman–Crippen LogP) is 2.89. The van der Waals surface area contributed by atoms with Crippen molar-refractivity contribution in [1.29, 1.82) is 0 Å². The summed E-state index contributed by atoms with van der Waals surface area (Å²) < 4.78 is 5.34. The van der Waals surface area contributed by atoms with E-state index in [4.69, 9.17) is 4.74 Å². The molecule has 0 saturated carbocycles. The van der Waals surface area contributed by atoms with Crippen LogP contribution in [0.5, 0.6) is 0 Å². The van der Waals surface area contributed by atoms with Gasteiger partial charge in [-0.2, -0.15) is 0 Å². The van der Waals surface area contributed by atoms with Crippen LogP contribution in [0.25, 0.3) is 0 Å². The van der Waals surface area contributed by atoms with E-state index in [2.05, 4.69) is 15.5 Å². The second kappa shape index (κ2) is 10.9. The van der Waals surface area contributed by atoms with Gasteiger partial charge in [-0.1, -0.05) is 36.4 Å². The van der Waals surface area contributed by atoms with Crippen LogP contribution in [0.3, 0.4) is 0 Å². The highest BCUT2D eigenvalue weighted by molar-refractivity contribution is 5.87. The Hall–Kier alpha value is -2.34. The number of amides is 2. The van der Waals surface area contributed by atoms with Crippen LogP contribution in [0.1, 0.15) is 39.2 Å². The molecule has 1 aliphatic rings. The normalized spacial score (nSPS) is 16.1. The zero-order chi connectivity index (χ0) is 20.4. The van der Waals surface area contributed by atoms with Crippen LogP contribution >= 0.6 is 0 Å². The molecule has 2 N–H and O–H groups in total. The Morgan fingerprint density at radius 3 is 2.50 bits per heavy atom. The summed E-state index contributed by atoms with van der Waals surface area (Å²) in [7, 11) is 0. The van der Waals surface area contributed by atoms with Crippen LogP contribution in [-0.4, -0.2) is 54.7 Å². The minimum absolute atomic E-state index is 0.150. The first-order chi connectivity index (χ1) is 13.3. The van der Waals surface area contributed by atoms with Gasteiger partial charge in [-0.15, -0.1) is 0 Å². The smallest absolute Gasteiger partial charge is 0.408 e. The van der Waals surface area contributed by atoms with Gasteiger partial charge < -0.3 is 20.3 Å². The summed E-state index contributed by atoms with van der Waals surface area (Å²) in [5, 5.41) is 5.75. The third-order valence-corrected chi connectivity index (χ3v) is 4.41. The second-order valence-corrected chi connectivity index (χ2v) is 8.14. The Labute approximate surface area is 168 Å². The lowest BCUT2D eigenvalue weighted by Crippen LogP contribution is -2.39. The molecule has 154 valence electrons. The fourth-order valence-electron chi connectivity index (χ4n) is 3.10. The van der Waals surface area contributed by atoms with Gasteiger partial charge in [-0.05, 0) is 58.7 Å². The van der Waals surface area contributed by atoms with Crippen molar-refractivity contribution >= 4 is 12.0 Å². The van der Waals surface area contributed by atoms with E-state index in [0.29, 0.717) is 13.0 Å². The number of carbonyl (C=O) groups is 2. The number of hydrogen-bond acceptors (Lipinski definition) is 4. The summed E-state index contributed by atoms with van der Waals surface area (Å²) in [5.74, 6) is -0.150. The summed E-state index contributed by atoms with van der Waals surface area (Å²) in [5.41, 5.74) is 0.501. The number of alkyl carbamates (subject to hydrolysis) is 1. The molecule has 6 heteroatoms. The number of rotatable bonds is 8. The van der Waals surface area contributed by atoms with Crippen molar-refractivity contribution in [3.8, 4) is 0 Å². The fourth-order valence-corrected chi connectivity index (χ4v) is 3.10. The van der Waals surface area contributed by atoms with Crippen molar-refractivity contribution < 1.29 is 14.3 Å². The maximum atomic E-state index is 12.1. The highest BCUT2D eigenvalue weighted by Gasteiger charge is 2.19. The summed E-state index contributed by atoms with van der Waals surface area (Å²) in [6.07, 6.45) is 5.79. The molecule has 0 radical (unpaired) electrons. The first kappa shape index (κ1) is 22.0. The number of benzene rings is 1. The number of likely N-dealkylation sites (tertiary alicyclic amines) is 1. The zero-order valence-corrected chi connectivity index (χ0v) is 17.2. The number of carbonyl (C=O) groups excluding carboxylic acids is 2. The quantitative estimate of drug-likeness (QED) is 0.673. The van der Waals surface area contributed by atoms with Crippen molar-refractivity contribution in [2.75, 3.05) is 26.2 Å². The topological polar surface area (TPSA) is 70.7 Å². The van der Waals surface area contributed by atoms with Crippen LogP contribution < -0.4 is 10.6 Å². The van der Waals surface area contributed by atoms with Crippen LogP contribution in [0, 0.1) is 0 Å². The largest absolute Gasteiger partial charge is 0.444 e. The number of ether oxygens (including phenoxy) is 1. The molecule has 0 aliphatic carbocycles. The molecule has 1 aromatic rings. The molecule has 0 aromatic heterocycles. The number of nitrogens with zero attached hydrogens (tertiary/aromatic N) is 1. The second-order valence-electron chi connectivity index (χ2n) is 8.14. The van der Waals surface area contributed by atoms with E-state index >= 15 is 0 Å². The van der Waals surface area contributed by atoms with Crippen molar-refractivity contribution in [2.45, 2.75) is 51.7 Å². The predicted molar refractivity (Wildman–Crippen MR) is 111 cm³/mol. The summed E-state index contributed by atoms with van der Waals surface area (Å²) in [4.78, 5) is 26.6. The van der Waals surface area contributed by atoms with Crippen molar-refractivity contribution in [3.63, 3.8) is 0 Å². The highest BCUT2D eigenvalue weighted by atomic mass is 16.6. The molecule has 1 fully saturated rings. The average molecular weight is 388 g/mol. The van der Waals surface area contributed by atoms with Gasteiger partial charge in [0.05, 0.1) is 6.04 Å². The van der Waals surface area contributed by atoms with E-state index in [9.17, 15) is 9.59 Å². The first-order valence-electron chi connectivity index (χ1n) is 10.0. The molecular formula is C22H33N3O3. The molecule has 1 saturated heterocycles. The van der Waals surface area contributed by atoms with E-state index in [1.807, 2.05) is 51.1 Å². The Kier molecular flexibility index (Phi) is 8.51. The lowest BCUT2D eigenvalue weighted by Gasteiger charge is -2.22. The maximum Gasteiger partial charge on any atom is 0.408 e. The molecule has 6 nitrogen and oxygen atoms in total. The summed E-state index contributed by atoms with van der Waals surface area (Å²) in [6.45, 7) is 9.21. The van der Waals surface area contributed by atoms with Crippen LogP contribution in [-0.2, 0) is 16.0 Å². The molecule has 1 aliphatic heterocycles. The summed E-state index contributed by atoms with van der Waals surface area (Å²) >= 11 is 0. The molecule has 0 spiro atoms. The Bertz CT molecular complexity index is 647. The molecule has 2 amide bonds. The van der Waals surface area contributed by atoms with Gasteiger partial charge in [-0.3, -0.25) is 4.79 Å². The van der Waals surface area contributed by atoms with E-state index in [1.165, 1.54) is 18.9 Å². The maximum absolute atomic E-state index is 12.1. The highest BCUT2D eigenvalue weighted by Crippen LogP contribution is 2.09. The molecular weight excluding hydrogens is 354 g/mol. The van der Waals surface area contributed by atoms with Gasteiger partial charge in [0.15, 0.2) is 0 Å².